The number of hydrogen-bond acceptors (Lipinski definition) is 2. The van der Waals surface area contributed by atoms with Gasteiger partial charge in [-0.3, -0.25) is 10.2 Å². The van der Waals surface area contributed by atoms with Crippen LogP contribution in [0.25, 0.3) is 21.8 Å². The Hall–Kier alpha value is -3.14. The molecule has 24 heavy (non-hydrogen) atoms. The fraction of sp³-hybridized carbons (Fsp3) is 0.100. The van der Waals surface area contributed by atoms with E-state index in [1.54, 1.807) is 11.0 Å². The van der Waals surface area contributed by atoms with E-state index in [1.807, 2.05) is 42.5 Å². The van der Waals surface area contributed by atoms with E-state index >= 15 is 0 Å². The molecule has 1 aliphatic carbocycles. The lowest BCUT2D eigenvalue weighted by Crippen LogP contribution is -2.22. The molecule has 4 nitrogen and oxygen atoms in total. The van der Waals surface area contributed by atoms with Gasteiger partial charge in [0.15, 0.2) is 0 Å². The third kappa shape index (κ3) is 1.86. The highest BCUT2D eigenvalue weighted by Gasteiger charge is 2.19. The zero-order valence-corrected chi connectivity index (χ0v) is 13.0. The second kappa shape index (κ2) is 4.93. The van der Waals surface area contributed by atoms with Crippen molar-refractivity contribution in [3.05, 3.63) is 77.6 Å². The van der Waals surface area contributed by atoms with E-state index in [-0.39, 0.29) is 5.91 Å². The molecule has 1 aliphatic rings. The first kappa shape index (κ1) is 13.3. The molecule has 3 aromatic carbocycles. The number of nitrogens with zero attached hydrogens (tertiary/aromatic N) is 2. The van der Waals surface area contributed by atoms with Crippen LogP contribution in [-0.2, 0) is 12.8 Å². The van der Waals surface area contributed by atoms with Crippen molar-refractivity contribution in [3.63, 3.8) is 0 Å². The van der Waals surface area contributed by atoms with Crippen molar-refractivity contribution in [3.8, 4) is 0 Å². The number of para-hydroxylation sites is 2. The Balaban J connectivity index is 1.60. The maximum atomic E-state index is 12.9. The number of amides is 1. The normalized spacial score (nSPS) is 12.8. The Morgan fingerprint density at radius 3 is 2.71 bits per heavy atom. The third-order valence-corrected chi connectivity index (χ3v) is 4.80. The van der Waals surface area contributed by atoms with Crippen molar-refractivity contribution >= 4 is 27.7 Å². The van der Waals surface area contributed by atoms with Gasteiger partial charge < -0.3 is 0 Å². The Labute approximate surface area is 138 Å². The first-order chi connectivity index (χ1) is 11.8. The molecule has 4 heteroatoms. The number of carbonyl (C=O) groups excluding carboxylic acids is 1. The number of nitrogens with one attached hydrogen (secondary N) is 1. The predicted octanol–water partition coefficient (Wildman–Crippen LogP) is 3.67. The molecule has 0 aliphatic heterocycles. The minimum Gasteiger partial charge on any atom is -0.267 e. The molecule has 1 aromatic heterocycles. The van der Waals surface area contributed by atoms with Crippen LogP contribution in [0, 0.1) is 0 Å². The fourth-order valence-corrected chi connectivity index (χ4v) is 3.66. The predicted molar refractivity (Wildman–Crippen MR) is 94.8 cm³/mol. The van der Waals surface area contributed by atoms with Gasteiger partial charge in [0.1, 0.15) is 6.33 Å². The fourth-order valence-electron chi connectivity index (χ4n) is 3.66. The number of fused-ring (bicyclic) bond motifs is 1. The second-order valence-electron chi connectivity index (χ2n) is 6.16. The molecule has 0 saturated heterocycles. The van der Waals surface area contributed by atoms with Gasteiger partial charge in [-0.15, -0.1) is 0 Å². The first-order valence-corrected chi connectivity index (χ1v) is 8.08. The van der Waals surface area contributed by atoms with Crippen LogP contribution in [0.4, 0.5) is 0 Å². The van der Waals surface area contributed by atoms with Gasteiger partial charge in [0.05, 0.1) is 11.0 Å². The van der Waals surface area contributed by atoms with E-state index in [4.69, 9.17) is 0 Å². The van der Waals surface area contributed by atoms with Gasteiger partial charge in [0, 0.05) is 5.56 Å². The molecule has 1 amide bonds. The highest BCUT2D eigenvalue weighted by molar-refractivity contribution is 6.12. The molecule has 4 aromatic rings. The number of carbonyl (C=O) groups is 1. The molecule has 5 rings (SSSR count). The van der Waals surface area contributed by atoms with Crippen LogP contribution in [0.2, 0.25) is 0 Å². The molecule has 1 heterocycles. The van der Waals surface area contributed by atoms with Gasteiger partial charge in [-0.05, 0) is 52.9 Å². The lowest BCUT2D eigenvalue weighted by molar-refractivity contribution is 0.101. The molecule has 0 saturated carbocycles. The Morgan fingerprint density at radius 2 is 1.79 bits per heavy atom. The van der Waals surface area contributed by atoms with Crippen LogP contribution in [0.5, 0.6) is 0 Å². The molecule has 0 radical (unpaired) electrons. The number of aromatic nitrogens is 2. The van der Waals surface area contributed by atoms with Crippen molar-refractivity contribution < 1.29 is 4.79 Å². The number of imidazole rings is 1. The Bertz CT molecular complexity index is 1100. The zero-order chi connectivity index (χ0) is 16.1. The highest BCUT2D eigenvalue weighted by atomic mass is 16.2. The average Bonchev–Trinajstić information content (AvgIpc) is 3.22. The van der Waals surface area contributed by atoms with Crippen molar-refractivity contribution in [2.75, 3.05) is 5.43 Å². The summed E-state index contributed by atoms with van der Waals surface area (Å²) in [7, 11) is 0. The number of benzene rings is 3. The molecule has 116 valence electrons. The third-order valence-electron chi connectivity index (χ3n) is 4.80. The minimum atomic E-state index is -0.117. The molecular weight excluding hydrogens is 298 g/mol. The molecule has 0 bridgehead atoms. The van der Waals surface area contributed by atoms with E-state index in [1.165, 1.54) is 16.5 Å². The van der Waals surface area contributed by atoms with E-state index in [2.05, 4.69) is 22.5 Å². The van der Waals surface area contributed by atoms with Gasteiger partial charge in [-0.25, -0.2) is 9.66 Å². The number of hydrogen-bond donors (Lipinski definition) is 1. The van der Waals surface area contributed by atoms with Crippen LogP contribution < -0.4 is 5.43 Å². The molecule has 0 spiro atoms. The quantitative estimate of drug-likeness (QED) is 0.614. The first-order valence-electron chi connectivity index (χ1n) is 8.08. The summed E-state index contributed by atoms with van der Waals surface area (Å²) in [6.07, 6.45) is 3.76. The molecule has 0 fully saturated rings. The lowest BCUT2D eigenvalue weighted by Gasteiger charge is -2.11. The largest absolute Gasteiger partial charge is 0.270 e. The number of rotatable bonds is 2. The van der Waals surface area contributed by atoms with Crippen LogP contribution in [0.3, 0.4) is 0 Å². The van der Waals surface area contributed by atoms with Crippen molar-refractivity contribution in [2.24, 2.45) is 0 Å². The lowest BCUT2D eigenvalue weighted by atomic mass is 10.00. The van der Waals surface area contributed by atoms with E-state index in [0.717, 1.165) is 29.3 Å². The van der Waals surface area contributed by atoms with Crippen molar-refractivity contribution in [1.82, 2.24) is 9.66 Å². The maximum absolute atomic E-state index is 12.9. The van der Waals surface area contributed by atoms with Gasteiger partial charge in [-0.1, -0.05) is 36.4 Å². The molecular formula is C20H15N3O. The summed E-state index contributed by atoms with van der Waals surface area (Å²) < 4.78 is 1.68. The van der Waals surface area contributed by atoms with E-state index in [0.29, 0.717) is 5.56 Å². The summed E-state index contributed by atoms with van der Waals surface area (Å²) in [5.41, 5.74) is 8.07. The maximum Gasteiger partial charge on any atom is 0.270 e. The van der Waals surface area contributed by atoms with Crippen LogP contribution in [-0.4, -0.2) is 15.6 Å². The van der Waals surface area contributed by atoms with Crippen molar-refractivity contribution in [2.45, 2.75) is 12.8 Å². The highest BCUT2D eigenvalue weighted by Crippen LogP contribution is 2.32. The van der Waals surface area contributed by atoms with Crippen LogP contribution >= 0.6 is 0 Å². The summed E-state index contributed by atoms with van der Waals surface area (Å²) in [5.74, 6) is -0.117. The minimum absolute atomic E-state index is 0.117. The van der Waals surface area contributed by atoms with Crippen LogP contribution in [0.1, 0.15) is 21.5 Å². The van der Waals surface area contributed by atoms with Gasteiger partial charge in [0.25, 0.3) is 5.91 Å². The topological polar surface area (TPSA) is 46.9 Å². The van der Waals surface area contributed by atoms with Gasteiger partial charge in [-0.2, -0.15) is 0 Å². The summed E-state index contributed by atoms with van der Waals surface area (Å²) in [4.78, 5) is 17.2. The van der Waals surface area contributed by atoms with Gasteiger partial charge >= 0.3 is 0 Å². The molecule has 0 unspecified atom stereocenters. The molecule has 1 N–H and O–H groups in total. The summed E-state index contributed by atoms with van der Waals surface area (Å²) in [6.45, 7) is 0. The van der Waals surface area contributed by atoms with Crippen molar-refractivity contribution in [1.29, 1.82) is 0 Å². The Morgan fingerprint density at radius 1 is 0.958 bits per heavy atom. The van der Waals surface area contributed by atoms with Gasteiger partial charge in [0.2, 0.25) is 0 Å². The summed E-state index contributed by atoms with van der Waals surface area (Å²) >= 11 is 0. The smallest absolute Gasteiger partial charge is 0.267 e. The molecule has 0 atom stereocenters. The monoisotopic (exact) mass is 313 g/mol. The number of aryl methyl sites for hydroxylation is 2. The van der Waals surface area contributed by atoms with E-state index in [9.17, 15) is 4.79 Å². The summed E-state index contributed by atoms with van der Waals surface area (Å²) in [5, 5.41) is 2.28. The zero-order valence-electron chi connectivity index (χ0n) is 13.0. The standard InChI is InChI=1S/C20H15N3O/c24-20(22-23-12-21-17-6-1-2-7-18(17)23)16-11-10-14-9-8-13-4-3-5-15(16)19(13)14/h1-7,10-12H,8-9H2,(H,22,24). The van der Waals surface area contributed by atoms with E-state index < -0.39 is 0 Å². The SMILES string of the molecule is O=C(Nn1cnc2ccccc21)c1ccc2c3c(cccc13)CC2. The van der Waals surface area contributed by atoms with Crippen LogP contribution in [0.15, 0.2) is 60.9 Å². The summed E-state index contributed by atoms with van der Waals surface area (Å²) in [6, 6.07) is 18.0. The second-order valence-corrected chi connectivity index (χ2v) is 6.16. The average molecular weight is 313 g/mol. The Kier molecular flexibility index (Phi) is 2.73.